The number of ether oxygens (including phenoxy) is 1. The fraction of sp³-hybridized carbons (Fsp3) is 0.312. The van der Waals surface area contributed by atoms with Gasteiger partial charge in [0.05, 0.1) is 18.9 Å². The number of nitriles is 1. The Balaban J connectivity index is 2.02. The first-order chi connectivity index (χ1) is 11.5. The molecule has 1 N–H and O–H groups in total. The fourth-order valence-electron chi connectivity index (χ4n) is 2.10. The molecule has 1 unspecified atom stereocenters. The molecule has 1 aliphatic heterocycles. The van der Waals surface area contributed by atoms with Crippen molar-refractivity contribution in [3.8, 4) is 6.07 Å². The smallest absolute Gasteiger partial charge is 0.288 e. The molecule has 24 heavy (non-hydrogen) atoms. The molecule has 0 aromatic heterocycles. The largest absolute Gasteiger partial charge is 0.501 e. The third kappa shape index (κ3) is 4.80. The molecule has 0 saturated heterocycles. The van der Waals surface area contributed by atoms with E-state index in [1.165, 1.54) is 30.5 Å². The summed E-state index contributed by atoms with van der Waals surface area (Å²) in [6, 6.07) is 7.41. The fourth-order valence-corrected chi connectivity index (χ4v) is 2.60. The van der Waals surface area contributed by atoms with E-state index in [0.29, 0.717) is 47.4 Å². The summed E-state index contributed by atoms with van der Waals surface area (Å²) in [5.41, 5.74) is 0.632. The minimum atomic E-state index is -2.53. The first kappa shape index (κ1) is 17.9. The van der Waals surface area contributed by atoms with Crippen molar-refractivity contribution >= 4 is 29.1 Å². The number of Topliss-reactive ketones (excluding diaryl/α,β-unsaturated/α-hetero) is 1. The number of benzene rings is 1. The van der Waals surface area contributed by atoms with Gasteiger partial charge in [0.25, 0.3) is 5.76 Å². The Morgan fingerprint density at radius 3 is 2.54 bits per heavy atom. The van der Waals surface area contributed by atoms with Crippen molar-refractivity contribution in [3.05, 3.63) is 36.1 Å². The van der Waals surface area contributed by atoms with Gasteiger partial charge >= 0.3 is 0 Å². The summed E-state index contributed by atoms with van der Waals surface area (Å²) >= 11 is 0.387. The second-order valence-corrected chi connectivity index (χ2v) is 6.00. The standard InChI is InChI=1S/C16H14F2N2O3S/c17-16(18)24-12-5-3-11(4-6-12)20-15(22)13(8-19)14(21)10-2-1-7-23-9-10/h3-6,9,13,16H,1-2,7H2,(H,20,22). The van der Waals surface area contributed by atoms with Crippen LogP contribution in [-0.2, 0) is 14.3 Å². The van der Waals surface area contributed by atoms with Gasteiger partial charge < -0.3 is 10.1 Å². The summed E-state index contributed by atoms with van der Waals surface area (Å²) in [5.74, 6) is -5.35. The third-order valence-corrected chi connectivity index (χ3v) is 3.97. The quantitative estimate of drug-likeness (QED) is 0.627. The average molecular weight is 352 g/mol. The van der Waals surface area contributed by atoms with E-state index in [1.54, 1.807) is 6.07 Å². The van der Waals surface area contributed by atoms with Crippen LogP contribution < -0.4 is 5.32 Å². The molecule has 1 aliphatic rings. The maximum absolute atomic E-state index is 12.3. The van der Waals surface area contributed by atoms with Gasteiger partial charge in [-0.05, 0) is 37.1 Å². The number of anilines is 1. The summed E-state index contributed by atoms with van der Waals surface area (Å²) in [7, 11) is 0. The molecule has 1 aromatic carbocycles. The Bertz CT molecular complexity index is 684. The van der Waals surface area contributed by atoms with E-state index >= 15 is 0 Å². The maximum atomic E-state index is 12.3. The molecule has 2 rings (SSSR count). The highest BCUT2D eigenvalue weighted by Crippen LogP contribution is 2.26. The Hall–Kier alpha value is -2.40. The zero-order chi connectivity index (χ0) is 17.5. The second-order valence-electron chi connectivity index (χ2n) is 4.94. The van der Waals surface area contributed by atoms with Gasteiger partial charge in [-0.2, -0.15) is 14.0 Å². The highest BCUT2D eigenvalue weighted by atomic mass is 32.2. The second kappa shape index (κ2) is 8.45. The minimum Gasteiger partial charge on any atom is -0.501 e. The van der Waals surface area contributed by atoms with Gasteiger partial charge in [0.1, 0.15) is 0 Å². The van der Waals surface area contributed by atoms with Gasteiger partial charge in [0.15, 0.2) is 11.7 Å². The van der Waals surface area contributed by atoms with Crippen molar-refractivity contribution in [3.63, 3.8) is 0 Å². The summed E-state index contributed by atoms with van der Waals surface area (Å²) in [4.78, 5) is 24.7. The summed E-state index contributed by atoms with van der Waals surface area (Å²) in [6.07, 6.45) is 2.41. The van der Waals surface area contributed by atoms with Gasteiger partial charge in [-0.3, -0.25) is 9.59 Å². The molecule has 0 fully saturated rings. The minimum absolute atomic E-state index is 0.312. The van der Waals surface area contributed by atoms with E-state index in [9.17, 15) is 18.4 Å². The van der Waals surface area contributed by atoms with Crippen molar-refractivity contribution in [1.29, 1.82) is 5.26 Å². The van der Waals surface area contributed by atoms with Crippen LogP contribution >= 0.6 is 11.8 Å². The Morgan fingerprint density at radius 1 is 1.29 bits per heavy atom. The zero-order valence-corrected chi connectivity index (χ0v) is 13.3. The molecule has 5 nitrogen and oxygen atoms in total. The molecule has 0 bridgehead atoms. The predicted octanol–water partition coefficient (Wildman–Crippen LogP) is 3.34. The lowest BCUT2D eigenvalue weighted by Gasteiger charge is -2.15. The van der Waals surface area contributed by atoms with Crippen LogP contribution in [0.25, 0.3) is 0 Å². The van der Waals surface area contributed by atoms with Gasteiger partial charge in [-0.25, -0.2) is 0 Å². The number of thioether (sulfide) groups is 1. The van der Waals surface area contributed by atoms with E-state index < -0.39 is 23.4 Å². The Morgan fingerprint density at radius 2 is 2.00 bits per heavy atom. The number of amides is 1. The first-order valence-electron chi connectivity index (χ1n) is 7.11. The van der Waals surface area contributed by atoms with Crippen LogP contribution in [0.4, 0.5) is 14.5 Å². The van der Waals surface area contributed by atoms with Crippen LogP contribution in [0.3, 0.4) is 0 Å². The van der Waals surface area contributed by atoms with Crippen LogP contribution in [0.2, 0.25) is 0 Å². The van der Waals surface area contributed by atoms with Crippen molar-refractivity contribution in [2.75, 3.05) is 11.9 Å². The average Bonchev–Trinajstić information content (AvgIpc) is 2.57. The van der Waals surface area contributed by atoms with E-state index in [2.05, 4.69) is 5.32 Å². The first-order valence-corrected chi connectivity index (χ1v) is 7.99. The lowest BCUT2D eigenvalue weighted by molar-refractivity contribution is -0.127. The molecule has 1 atom stereocenters. The SMILES string of the molecule is N#CC(C(=O)Nc1ccc(SC(F)F)cc1)C(=O)C1=COCCC1. The summed E-state index contributed by atoms with van der Waals surface area (Å²) in [6.45, 7) is 0.503. The molecule has 1 aromatic rings. The van der Waals surface area contributed by atoms with Gasteiger partial charge in [0, 0.05) is 16.2 Å². The molecule has 1 amide bonds. The summed E-state index contributed by atoms with van der Waals surface area (Å²) < 4.78 is 29.6. The lowest BCUT2D eigenvalue weighted by atomic mass is 9.95. The van der Waals surface area contributed by atoms with Crippen molar-refractivity contribution < 1.29 is 23.1 Å². The maximum Gasteiger partial charge on any atom is 0.288 e. The molecule has 0 spiro atoms. The number of halogens is 2. The van der Waals surface area contributed by atoms with Crippen LogP contribution in [-0.4, -0.2) is 24.1 Å². The van der Waals surface area contributed by atoms with Gasteiger partial charge in [0.2, 0.25) is 5.91 Å². The molecule has 8 heteroatoms. The van der Waals surface area contributed by atoms with Gasteiger partial charge in [-0.15, -0.1) is 0 Å². The zero-order valence-electron chi connectivity index (χ0n) is 12.5. The number of rotatable bonds is 6. The van der Waals surface area contributed by atoms with Crippen molar-refractivity contribution in [1.82, 2.24) is 0 Å². The number of carbonyl (C=O) groups is 2. The Kier molecular flexibility index (Phi) is 6.32. The third-order valence-electron chi connectivity index (χ3n) is 3.25. The lowest BCUT2D eigenvalue weighted by Crippen LogP contribution is -2.30. The van der Waals surface area contributed by atoms with Crippen LogP contribution in [0.5, 0.6) is 0 Å². The van der Waals surface area contributed by atoms with Crippen LogP contribution in [0, 0.1) is 17.2 Å². The highest BCUT2D eigenvalue weighted by molar-refractivity contribution is 7.99. The van der Waals surface area contributed by atoms with Crippen molar-refractivity contribution in [2.45, 2.75) is 23.5 Å². The van der Waals surface area contributed by atoms with E-state index in [4.69, 9.17) is 10.00 Å². The van der Waals surface area contributed by atoms with E-state index in [-0.39, 0.29) is 0 Å². The van der Waals surface area contributed by atoms with Crippen molar-refractivity contribution in [2.24, 2.45) is 5.92 Å². The predicted molar refractivity (Wildman–Crippen MR) is 84.3 cm³/mol. The van der Waals surface area contributed by atoms with Crippen LogP contribution in [0.1, 0.15) is 12.8 Å². The summed E-state index contributed by atoms with van der Waals surface area (Å²) in [5, 5.41) is 11.6. The number of alkyl halides is 2. The molecule has 1 heterocycles. The number of allylic oxidation sites excluding steroid dienone is 1. The molecule has 0 aliphatic carbocycles. The number of ketones is 1. The van der Waals surface area contributed by atoms with E-state index in [1.807, 2.05) is 0 Å². The number of hydrogen-bond donors (Lipinski definition) is 1. The number of nitrogens with zero attached hydrogens (tertiary/aromatic N) is 1. The molecular weight excluding hydrogens is 338 g/mol. The molecule has 0 radical (unpaired) electrons. The Labute approximate surface area is 141 Å². The van der Waals surface area contributed by atoms with E-state index in [0.717, 1.165) is 0 Å². The molecule has 0 saturated carbocycles. The topological polar surface area (TPSA) is 79.2 Å². The number of carbonyl (C=O) groups excluding carboxylic acids is 2. The molecular formula is C16H14F2N2O3S. The van der Waals surface area contributed by atoms with Gasteiger partial charge in [-0.1, -0.05) is 11.8 Å². The number of hydrogen-bond acceptors (Lipinski definition) is 5. The normalized spacial score (nSPS) is 15.0. The highest BCUT2D eigenvalue weighted by Gasteiger charge is 2.30. The van der Waals surface area contributed by atoms with Crippen LogP contribution in [0.15, 0.2) is 41.0 Å². The monoisotopic (exact) mass is 352 g/mol. The molecule has 126 valence electrons. The number of nitrogens with one attached hydrogen (secondary N) is 1.